The number of nitrogen functional groups attached to an aromatic ring is 2. The van der Waals surface area contributed by atoms with E-state index >= 15 is 0 Å². The third-order valence-electron chi connectivity index (χ3n) is 1.99. The van der Waals surface area contributed by atoms with E-state index in [9.17, 15) is 0 Å². The molecule has 0 amide bonds. The van der Waals surface area contributed by atoms with Crippen molar-refractivity contribution >= 4 is 33.1 Å². The molecule has 76 valence electrons. The topological polar surface area (TPSA) is 77.1 Å². The molecule has 2 rings (SSSR count). The van der Waals surface area contributed by atoms with Gasteiger partial charge in [0.15, 0.2) is 5.06 Å². The number of H-pyrrole nitrogens is 1. The largest absolute Gasteiger partial charge is 0.484 e. The van der Waals surface area contributed by atoms with Crippen LogP contribution in [0.3, 0.4) is 0 Å². The van der Waals surface area contributed by atoms with Crippen molar-refractivity contribution in [2.45, 2.75) is 13.3 Å². The number of aromatic amines is 1. The second-order valence-electron chi connectivity index (χ2n) is 3.11. The van der Waals surface area contributed by atoms with Crippen LogP contribution in [0.25, 0.3) is 10.2 Å². The maximum atomic E-state index is 5.78. The number of hydrogen-bond donors (Lipinski definition) is 3. The number of thiophene rings is 1. The van der Waals surface area contributed by atoms with Crippen LogP contribution in [0.15, 0.2) is 6.07 Å². The first-order valence-corrected chi connectivity index (χ1v) is 5.33. The van der Waals surface area contributed by atoms with Crippen LogP contribution in [-0.2, 0) is 0 Å². The molecule has 2 aromatic heterocycles. The number of nitrogens with two attached hydrogens (primary N) is 2. The van der Waals surface area contributed by atoms with Gasteiger partial charge in [0.25, 0.3) is 0 Å². The van der Waals surface area contributed by atoms with E-state index in [0.717, 1.165) is 28.3 Å². The molecule has 0 aliphatic carbocycles. The van der Waals surface area contributed by atoms with Crippen LogP contribution < -0.4 is 16.2 Å². The van der Waals surface area contributed by atoms with Gasteiger partial charge in [0.05, 0.1) is 12.3 Å². The molecule has 0 radical (unpaired) electrons. The summed E-state index contributed by atoms with van der Waals surface area (Å²) in [7, 11) is 0. The molecule has 0 saturated carbocycles. The molecule has 0 aliphatic heterocycles. The molecule has 0 unspecified atom stereocenters. The highest BCUT2D eigenvalue weighted by molar-refractivity contribution is 7.20. The zero-order valence-corrected chi connectivity index (χ0v) is 8.78. The minimum absolute atomic E-state index is 0.535. The van der Waals surface area contributed by atoms with Gasteiger partial charge in [-0.1, -0.05) is 18.3 Å². The minimum Gasteiger partial charge on any atom is -0.484 e. The summed E-state index contributed by atoms with van der Waals surface area (Å²) in [6.07, 6.45) is 1.00. The molecule has 0 aliphatic rings. The Balaban J connectivity index is 2.34. The Kier molecular flexibility index (Phi) is 2.25. The van der Waals surface area contributed by atoms with Crippen LogP contribution in [0.1, 0.15) is 13.3 Å². The van der Waals surface area contributed by atoms with Crippen LogP contribution in [-0.4, -0.2) is 11.6 Å². The van der Waals surface area contributed by atoms with E-state index in [-0.39, 0.29) is 0 Å². The lowest BCUT2D eigenvalue weighted by atomic mass is 10.3. The number of rotatable bonds is 3. The lowest BCUT2D eigenvalue weighted by Crippen LogP contribution is -1.93. The Morgan fingerprint density at radius 1 is 1.50 bits per heavy atom. The Bertz CT molecular complexity index is 446. The summed E-state index contributed by atoms with van der Waals surface area (Å²) < 4.78 is 5.50. The van der Waals surface area contributed by atoms with Crippen molar-refractivity contribution in [3.05, 3.63) is 6.07 Å². The van der Waals surface area contributed by atoms with E-state index in [0.29, 0.717) is 11.5 Å². The molecular weight excluding hydrogens is 198 g/mol. The van der Waals surface area contributed by atoms with Gasteiger partial charge in [0, 0.05) is 11.5 Å². The van der Waals surface area contributed by atoms with Crippen molar-refractivity contribution in [3.63, 3.8) is 0 Å². The summed E-state index contributed by atoms with van der Waals surface area (Å²) in [5, 5.41) is 1.85. The van der Waals surface area contributed by atoms with E-state index in [1.54, 1.807) is 0 Å². The van der Waals surface area contributed by atoms with Gasteiger partial charge in [-0.15, -0.1) is 0 Å². The molecule has 0 saturated heterocycles. The van der Waals surface area contributed by atoms with Crippen molar-refractivity contribution in [2.75, 3.05) is 18.1 Å². The van der Waals surface area contributed by atoms with E-state index in [4.69, 9.17) is 16.2 Å². The molecule has 2 heterocycles. The summed E-state index contributed by atoms with van der Waals surface area (Å²) in [6.45, 7) is 2.81. The first-order valence-electron chi connectivity index (χ1n) is 4.51. The number of nitrogens with one attached hydrogen (secondary N) is 1. The molecular formula is C9H13N3OS. The Morgan fingerprint density at radius 2 is 2.29 bits per heavy atom. The predicted molar refractivity (Wildman–Crippen MR) is 60.8 cm³/mol. The molecule has 0 fully saturated rings. The molecule has 0 aromatic carbocycles. The summed E-state index contributed by atoms with van der Waals surface area (Å²) >= 11 is 1.53. The fraction of sp³-hybridized carbons (Fsp3) is 0.333. The second kappa shape index (κ2) is 3.42. The third kappa shape index (κ3) is 1.39. The number of aromatic nitrogens is 1. The van der Waals surface area contributed by atoms with Crippen LogP contribution >= 0.6 is 11.3 Å². The highest BCUT2D eigenvalue weighted by Crippen LogP contribution is 2.37. The Labute approximate surface area is 85.9 Å². The van der Waals surface area contributed by atoms with Crippen molar-refractivity contribution in [2.24, 2.45) is 0 Å². The van der Waals surface area contributed by atoms with E-state index in [1.165, 1.54) is 11.3 Å². The van der Waals surface area contributed by atoms with E-state index in [2.05, 4.69) is 11.9 Å². The molecule has 4 nitrogen and oxygen atoms in total. The average molecular weight is 211 g/mol. The van der Waals surface area contributed by atoms with Crippen molar-refractivity contribution in [3.8, 4) is 5.06 Å². The van der Waals surface area contributed by atoms with Gasteiger partial charge in [-0.05, 0) is 6.42 Å². The lowest BCUT2D eigenvalue weighted by Gasteiger charge is -1.98. The smallest absolute Gasteiger partial charge is 0.176 e. The predicted octanol–water partition coefficient (Wildman–Crippen LogP) is 2.18. The van der Waals surface area contributed by atoms with Gasteiger partial charge in [0.1, 0.15) is 10.6 Å². The van der Waals surface area contributed by atoms with Crippen LogP contribution in [0.2, 0.25) is 0 Å². The molecule has 2 aromatic rings. The highest BCUT2D eigenvalue weighted by atomic mass is 32.1. The molecule has 5 heteroatoms. The quantitative estimate of drug-likeness (QED) is 0.728. The highest BCUT2D eigenvalue weighted by Gasteiger charge is 2.10. The first-order chi connectivity index (χ1) is 6.72. The average Bonchev–Trinajstić information content (AvgIpc) is 2.66. The molecule has 0 atom stereocenters. The van der Waals surface area contributed by atoms with Crippen molar-refractivity contribution in [1.82, 2.24) is 4.98 Å². The van der Waals surface area contributed by atoms with E-state index < -0.39 is 0 Å². The van der Waals surface area contributed by atoms with Crippen molar-refractivity contribution < 1.29 is 4.74 Å². The fourth-order valence-corrected chi connectivity index (χ4v) is 2.23. The summed E-state index contributed by atoms with van der Waals surface area (Å²) in [4.78, 5) is 3.99. The maximum absolute atomic E-state index is 5.78. The van der Waals surface area contributed by atoms with Gasteiger partial charge in [-0.25, -0.2) is 0 Å². The van der Waals surface area contributed by atoms with Crippen LogP contribution in [0.5, 0.6) is 5.06 Å². The zero-order chi connectivity index (χ0) is 10.1. The van der Waals surface area contributed by atoms with Gasteiger partial charge < -0.3 is 21.2 Å². The molecule has 0 spiro atoms. The zero-order valence-electron chi connectivity index (χ0n) is 7.96. The number of ether oxygens (including phenoxy) is 1. The normalized spacial score (nSPS) is 10.9. The molecule has 0 bridgehead atoms. The monoisotopic (exact) mass is 211 g/mol. The van der Waals surface area contributed by atoms with Crippen LogP contribution in [0, 0.1) is 0 Å². The second-order valence-corrected chi connectivity index (χ2v) is 4.12. The minimum atomic E-state index is 0.535. The maximum Gasteiger partial charge on any atom is 0.176 e. The van der Waals surface area contributed by atoms with E-state index in [1.807, 2.05) is 6.07 Å². The fourth-order valence-electron chi connectivity index (χ4n) is 1.27. The number of anilines is 2. The standard InChI is InChI=1S/C9H13N3OS/c1-2-3-13-6-4-5-7(10)8(11)12-9(5)14-6/h4,12H,2-3,10-11H2,1H3. The SMILES string of the molecule is CCCOc1cc2c(N)c(N)[nH]c2s1. The van der Waals surface area contributed by atoms with Gasteiger partial charge in [0.2, 0.25) is 0 Å². The Hall–Kier alpha value is -1.36. The third-order valence-corrected chi connectivity index (χ3v) is 2.95. The Morgan fingerprint density at radius 3 is 2.93 bits per heavy atom. The molecule has 14 heavy (non-hydrogen) atoms. The number of fused-ring (bicyclic) bond motifs is 1. The summed E-state index contributed by atoms with van der Waals surface area (Å²) in [5.74, 6) is 0.535. The number of hydrogen-bond acceptors (Lipinski definition) is 4. The summed E-state index contributed by atoms with van der Waals surface area (Å²) in [5.41, 5.74) is 12.0. The first kappa shape index (κ1) is 9.21. The van der Waals surface area contributed by atoms with Gasteiger partial charge in [-0.2, -0.15) is 0 Å². The molecule has 5 N–H and O–H groups in total. The lowest BCUT2D eigenvalue weighted by molar-refractivity contribution is 0.327. The van der Waals surface area contributed by atoms with Crippen LogP contribution in [0.4, 0.5) is 11.5 Å². The van der Waals surface area contributed by atoms with Gasteiger partial charge >= 0.3 is 0 Å². The summed E-state index contributed by atoms with van der Waals surface area (Å²) in [6, 6.07) is 1.93. The van der Waals surface area contributed by atoms with Gasteiger partial charge in [-0.3, -0.25) is 0 Å². The van der Waals surface area contributed by atoms with Crippen molar-refractivity contribution in [1.29, 1.82) is 0 Å².